The fourth-order valence-electron chi connectivity index (χ4n) is 5.61. The Morgan fingerprint density at radius 1 is 0.976 bits per heavy atom. The van der Waals surface area contributed by atoms with Crippen molar-refractivity contribution in [3.05, 3.63) is 120 Å². The highest BCUT2D eigenvalue weighted by Gasteiger charge is 2.41. The van der Waals surface area contributed by atoms with Gasteiger partial charge in [0.25, 0.3) is 0 Å². The number of nitrogens with one attached hydrogen (secondary N) is 2. The first-order valence-electron chi connectivity index (χ1n) is 13.6. The van der Waals surface area contributed by atoms with Crippen molar-refractivity contribution in [2.24, 2.45) is 0 Å². The number of carbonyl (C=O) groups is 1. The third kappa shape index (κ3) is 5.26. The molecular weight excluding hydrogens is 530 g/mol. The van der Waals surface area contributed by atoms with Crippen molar-refractivity contribution in [1.29, 1.82) is 0 Å². The molecule has 1 aliphatic rings. The lowest BCUT2D eigenvalue weighted by Gasteiger charge is -2.29. The predicted octanol–water partition coefficient (Wildman–Crippen LogP) is 6.34. The molecule has 0 radical (unpaired) electrons. The van der Waals surface area contributed by atoms with E-state index in [0.29, 0.717) is 11.7 Å². The van der Waals surface area contributed by atoms with Crippen LogP contribution < -0.4 is 15.4 Å². The zero-order chi connectivity index (χ0) is 28.3. The number of benzene rings is 3. The molecule has 2 N–H and O–H groups in total. The highest BCUT2D eigenvalue weighted by molar-refractivity contribution is 7.80. The van der Waals surface area contributed by atoms with Gasteiger partial charge in [0, 0.05) is 47.3 Å². The van der Waals surface area contributed by atoms with E-state index in [2.05, 4.69) is 44.1 Å². The fraction of sp³-hybridized carbons (Fsp3) is 0.182. The average Bonchev–Trinajstić information content (AvgIpc) is 3.55. The number of fused-ring (bicyclic) bond motifs is 1. The van der Waals surface area contributed by atoms with Gasteiger partial charge in [-0.3, -0.25) is 9.78 Å². The molecular formula is C33H31N5O2S. The number of aryl methyl sites for hydroxylation is 1. The molecule has 3 heterocycles. The maximum atomic E-state index is 13.2. The van der Waals surface area contributed by atoms with Gasteiger partial charge in [0.1, 0.15) is 5.75 Å². The number of thiocarbonyl (C=S) groups is 1. The minimum Gasteiger partial charge on any atom is -0.497 e. The molecule has 7 nitrogen and oxygen atoms in total. The number of carbonyl (C=O) groups excluding carboxylic acids is 1. The lowest BCUT2D eigenvalue weighted by Crippen LogP contribution is -2.33. The number of pyridine rings is 1. The van der Waals surface area contributed by atoms with Crippen LogP contribution in [0.5, 0.6) is 5.75 Å². The van der Waals surface area contributed by atoms with Gasteiger partial charge in [0.15, 0.2) is 5.11 Å². The summed E-state index contributed by atoms with van der Waals surface area (Å²) in [6.07, 6.45) is 2.07. The number of nitrogens with zero attached hydrogens (tertiary/aromatic N) is 3. The summed E-state index contributed by atoms with van der Waals surface area (Å²) in [6.45, 7) is 2.54. The summed E-state index contributed by atoms with van der Waals surface area (Å²) in [5, 5.41) is 9.32. The molecule has 8 heteroatoms. The van der Waals surface area contributed by atoms with E-state index < -0.39 is 0 Å². The summed E-state index contributed by atoms with van der Waals surface area (Å²) in [7, 11) is 1.66. The summed E-state index contributed by atoms with van der Waals surface area (Å²) in [4.78, 5) is 20.0. The summed E-state index contributed by atoms with van der Waals surface area (Å²) < 4.78 is 7.62. The number of ether oxygens (including phenoxy) is 1. The molecule has 1 aliphatic heterocycles. The zero-order valence-electron chi connectivity index (χ0n) is 23.0. The second kappa shape index (κ2) is 11.4. The molecule has 2 atom stereocenters. The first kappa shape index (κ1) is 26.5. The van der Waals surface area contributed by atoms with E-state index in [1.54, 1.807) is 13.3 Å². The lowest BCUT2D eigenvalue weighted by atomic mass is 10.0. The van der Waals surface area contributed by atoms with E-state index in [-0.39, 0.29) is 24.4 Å². The van der Waals surface area contributed by atoms with Crippen LogP contribution in [0.1, 0.15) is 35.6 Å². The summed E-state index contributed by atoms with van der Waals surface area (Å²) >= 11 is 5.87. The number of hydrogen-bond donors (Lipinski definition) is 2. The van der Waals surface area contributed by atoms with Crippen LogP contribution in [0, 0.1) is 6.92 Å². The Kier molecular flexibility index (Phi) is 7.39. The molecule has 0 aliphatic carbocycles. The first-order valence-corrected chi connectivity index (χ1v) is 14.0. The average molecular weight is 562 g/mol. The minimum atomic E-state index is -0.184. The van der Waals surface area contributed by atoms with Crippen LogP contribution >= 0.6 is 12.2 Å². The van der Waals surface area contributed by atoms with Crippen molar-refractivity contribution in [3.63, 3.8) is 0 Å². The van der Waals surface area contributed by atoms with Crippen molar-refractivity contribution in [2.45, 2.75) is 25.4 Å². The van der Waals surface area contributed by atoms with E-state index in [1.165, 1.54) is 0 Å². The van der Waals surface area contributed by atoms with E-state index in [4.69, 9.17) is 17.0 Å². The molecule has 2 aromatic heterocycles. The topological polar surface area (TPSA) is 71.4 Å². The quantitative estimate of drug-likeness (QED) is 0.215. The van der Waals surface area contributed by atoms with Crippen molar-refractivity contribution in [3.8, 4) is 11.4 Å². The smallest absolute Gasteiger partial charge is 0.226 e. The van der Waals surface area contributed by atoms with Gasteiger partial charge in [-0.25, -0.2) is 0 Å². The van der Waals surface area contributed by atoms with Crippen LogP contribution in [0.2, 0.25) is 0 Å². The summed E-state index contributed by atoms with van der Waals surface area (Å²) in [6, 6.07) is 31.8. The molecule has 1 amide bonds. The van der Waals surface area contributed by atoms with E-state index in [0.717, 1.165) is 45.0 Å². The summed E-state index contributed by atoms with van der Waals surface area (Å²) in [5.74, 6) is 0.736. The number of methoxy groups -OCH3 is 1. The molecule has 41 heavy (non-hydrogen) atoms. The van der Waals surface area contributed by atoms with Gasteiger partial charge in [-0.1, -0.05) is 42.5 Å². The van der Waals surface area contributed by atoms with Crippen LogP contribution in [-0.2, 0) is 4.79 Å². The number of rotatable bonds is 8. The Morgan fingerprint density at radius 3 is 2.54 bits per heavy atom. The van der Waals surface area contributed by atoms with Crippen LogP contribution in [0.3, 0.4) is 0 Å². The molecule has 1 fully saturated rings. The molecule has 206 valence electrons. The van der Waals surface area contributed by atoms with Gasteiger partial charge in [-0.2, -0.15) is 0 Å². The number of amides is 1. The molecule has 2 unspecified atom stereocenters. The van der Waals surface area contributed by atoms with Gasteiger partial charge in [0.05, 0.1) is 24.9 Å². The minimum absolute atomic E-state index is 0.0640. The van der Waals surface area contributed by atoms with Crippen molar-refractivity contribution >= 4 is 39.7 Å². The standard InChI is InChI=1S/C33H31N5O2S/c1-22-13-18-29(38(22)24-14-16-25(40-2)17-15-24)32-31(28-11-5-6-20-34-28)36-33(41)37(32)21-19-30(39)35-27-12-7-9-23-8-3-4-10-26(23)27/h3-18,20,31-32H,19,21H2,1-2H3,(H,35,39)(H,36,41). The number of aromatic nitrogens is 2. The molecule has 0 saturated carbocycles. The molecule has 1 saturated heterocycles. The molecule has 0 bridgehead atoms. The molecule has 3 aromatic carbocycles. The van der Waals surface area contributed by atoms with E-state index >= 15 is 0 Å². The monoisotopic (exact) mass is 561 g/mol. The van der Waals surface area contributed by atoms with Crippen molar-refractivity contribution in [2.75, 3.05) is 19.0 Å². The Morgan fingerprint density at radius 2 is 1.76 bits per heavy atom. The van der Waals surface area contributed by atoms with Crippen LogP contribution in [0.15, 0.2) is 103 Å². The third-order valence-electron chi connectivity index (χ3n) is 7.58. The normalized spacial score (nSPS) is 16.5. The Hall–Kier alpha value is -4.69. The van der Waals surface area contributed by atoms with Crippen molar-refractivity contribution < 1.29 is 9.53 Å². The second-order valence-corrected chi connectivity index (χ2v) is 10.5. The molecule has 5 aromatic rings. The van der Waals surface area contributed by atoms with Crippen LogP contribution in [0.4, 0.5) is 5.69 Å². The third-order valence-corrected chi connectivity index (χ3v) is 7.93. The van der Waals surface area contributed by atoms with Gasteiger partial charge >= 0.3 is 0 Å². The molecule has 0 spiro atoms. The maximum Gasteiger partial charge on any atom is 0.226 e. The second-order valence-electron chi connectivity index (χ2n) is 10.1. The van der Waals surface area contributed by atoms with Crippen LogP contribution in [0.25, 0.3) is 16.5 Å². The largest absolute Gasteiger partial charge is 0.497 e. The van der Waals surface area contributed by atoms with Crippen molar-refractivity contribution in [1.82, 2.24) is 19.8 Å². The van der Waals surface area contributed by atoms with Crippen LogP contribution in [-0.4, -0.2) is 39.1 Å². The van der Waals surface area contributed by atoms with Gasteiger partial charge in [-0.15, -0.1) is 0 Å². The maximum absolute atomic E-state index is 13.2. The highest BCUT2D eigenvalue weighted by Crippen LogP contribution is 2.40. The van der Waals surface area contributed by atoms with Gasteiger partial charge in [0.2, 0.25) is 5.91 Å². The number of anilines is 1. The Balaban J connectivity index is 1.31. The molecule has 6 rings (SSSR count). The van der Waals surface area contributed by atoms with Gasteiger partial charge < -0.3 is 24.8 Å². The lowest BCUT2D eigenvalue weighted by molar-refractivity contribution is -0.116. The number of hydrogen-bond acceptors (Lipinski definition) is 4. The SMILES string of the molecule is COc1ccc(-n2c(C)ccc2C2C(c3ccccn3)NC(=S)N2CCC(=O)Nc2cccc3ccccc23)cc1. The van der Waals surface area contributed by atoms with E-state index in [1.807, 2.05) is 84.9 Å². The van der Waals surface area contributed by atoms with Gasteiger partial charge in [-0.05, 0) is 79.1 Å². The predicted molar refractivity (Wildman–Crippen MR) is 166 cm³/mol. The van der Waals surface area contributed by atoms with E-state index in [9.17, 15) is 4.79 Å². The Bertz CT molecular complexity index is 1700. The first-order chi connectivity index (χ1) is 20.0. The highest BCUT2D eigenvalue weighted by atomic mass is 32.1. The fourth-order valence-corrected chi connectivity index (χ4v) is 5.94. The Labute approximate surface area is 244 Å². The summed E-state index contributed by atoms with van der Waals surface area (Å²) in [5.41, 5.74) is 4.88. The zero-order valence-corrected chi connectivity index (χ0v) is 23.8.